The first kappa shape index (κ1) is 12.6. The minimum atomic E-state index is -0.319. The highest BCUT2D eigenvalue weighted by Gasteiger charge is 2.42. The van der Waals surface area contributed by atoms with Crippen LogP contribution in [0.25, 0.3) is 33.2 Å². The summed E-state index contributed by atoms with van der Waals surface area (Å²) in [5, 5.41) is 1.04. The van der Waals surface area contributed by atoms with Gasteiger partial charge < -0.3 is 26.0 Å². The van der Waals surface area contributed by atoms with E-state index in [1.807, 2.05) is 19.2 Å². The van der Waals surface area contributed by atoms with Gasteiger partial charge in [-0.3, -0.25) is 0 Å². The van der Waals surface area contributed by atoms with E-state index < -0.39 is 0 Å². The van der Waals surface area contributed by atoms with Crippen LogP contribution in [0.15, 0.2) is 24.3 Å². The predicted molar refractivity (Wildman–Crippen MR) is 93.2 cm³/mol. The Morgan fingerprint density at radius 3 is 2.43 bits per heavy atom. The number of hydrogen-bond donors (Lipinski definition) is 6. The molecule has 10 N–H and O–H groups in total. The Morgan fingerprint density at radius 2 is 1.65 bits per heavy atom. The number of aromatic amines is 2. The maximum Gasteiger partial charge on any atom is 0.205 e. The number of nitrogens with one attached hydrogen (secondary N) is 2. The molecule has 1 aliphatic heterocycles. The van der Waals surface area contributed by atoms with Crippen LogP contribution < -0.4 is 27.9 Å². The summed E-state index contributed by atoms with van der Waals surface area (Å²) in [6.45, 7) is 0. The number of H-pyrrole nitrogens is 2. The summed E-state index contributed by atoms with van der Waals surface area (Å²) in [6.07, 6.45) is 0. The first-order valence-corrected chi connectivity index (χ1v) is 7.24. The van der Waals surface area contributed by atoms with Crippen LogP contribution in [0, 0.1) is 0 Å². The number of benzene rings is 1. The molecule has 0 spiro atoms. The lowest BCUT2D eigenvalue weighted by molar-refractivity contribution is 0.428. The van der Waals surface area contributed by atoms with Gasteiger partial charge in [0, 0.05) is 30.6 Å². The monoisotopic (exact) mass is 309 g/mol. The third-order valence-corrected chi connectivity index (χ3v) is 4.81. The van der Waals surface area contributed by atoms with E-state index in [9.17, 15) is 0 Å². The lowest BCUT2D eigenvalue weighted by Gasteiger charge is -2.20. The third kappa shape index (κ3) is 1.31. The van der Waals surface area contributed by atoms with Gasteiger partial charge in [-0.1, -0.05) is 0 Å². The van der Waals surface area contributed by atoms with Gasteiger partial charge in [0.25, 0.3) is 0 Å². The van der Waals surface area contributed by atoms with Gasteiger partial charge in [0.1, 0.15) is 17.3 Å². The number of nitrogens with zero attached hydrogens (tertiary/aromatic N) is 2. The molecule has 1 aliphatic rings. The number of anilines is 2. The predicted octanol–water partition coefficient (Wildman–Crippen LogP) is 1.52. The Kier molecular flexibility index (Phi) is 1.92. The van der Waals surface area contributed by atoms with Crippen molar-refractivity contribution in [2.75, 3.05) is 11.5 Å². The number of nitrogen functional groups attached to an aromatic ring is 2. The van der Waals surface area contributed by atoms with E-state index in [4.69, 9.17) is 23.2 Å². The van der Waals surface area contributed by atoms with Gasteiger partial charge in [0.15, 0.2) is 5.69 Å². The van der Waals surface area contributed by atoms with E-state index >= 15 is 0 Å². The maximum absolute atomic E-state index is 6.36. The first-order valence-electron chi connectivity index (χ1n) is 7.24. The summed E-state index contributed by atoms with van der Waals surface area (Å²) in [5.74, 6) is 13.9. The number of hydrogen-bond acceptors (Lipinski definition) is 4. The molecular weight excluding hydrogens is 292 g/mol. The highest BCUT2D eigenvalue weighted by molar-refractivity contribution is 6.11. The second-order valence-electron chi connectivity index (χ2n) is 6.19. The Morgan fingerprint density at radius 1 is 0.913 bits per heavy atom. The van der Waals surface area contributed by atoms with Crippen molar-refractivity contribution in [1.82, 2.24) is 19.2 Å². The van der Waals surface area contributed by atoms with Crippen molar-refractivity contribution in [2.24, 2.45) is 18.7 Å². The van der Waals surface area contributed by atoms with Gasteiger partial charge in [0.05, 0.1) is 22.1 Å². The quantitative estimate of drug-likeness (QED) is 0.216. The van der Waals surface area contributed by atoms with Crippen LogP contribution in [0.4, 0.5) is 23.0 Å². The summed E-state index contributed by atoms with van der Waals surface area (Å²) in [7, 11) is 2.01. The number of aryl methyl sites for hydroxylation is 1. The fourth-order valence-corrected chi connectivity index (χ4v) is 3.72. The SMILES string of the molecule is Cn1c2cc3c(cc2c2[nH]c(N)cc21)[N+](N)(N)c1cc(N)[nH]c1-3. The zero-order valence-corrected chi connectivity index (χ0v) is 12.5. The normalized spacial score (nSPS) is 15.4. The van der Waals surface area contributed by atoms with Gasteiger partial charge in [-0.05, 0) is 6.07 Å². The van der Waals surface area contributed by atoms with Crippen molar-refractivity contribution < 1.29 is 0 Å². The second kappa shape index (κ2) is 3.51. The lowest BCUT2D eigenvalue weighted by Crippen LogP contribution is -2.56. The van der Waals surface area contributed by atoms with Crippen molar-refractivity contribution in [2.45, 2.75) is 0 Å². The third-order valence-electron chi connectivity index (χ3n) is 4.81. The fraction of sp³-hybridized carbons (Fsp3) is 0.0667. The smallest absolute Gasteiger partial charge is 0.205 e. The molecule has 0 aliphatic carbocycles. The number of fused-ring (bicyclic) bond motifs is 6. The molecule has 5 rings (SSSR count). The van der Waals surface area contributed by atoms with E-state index in [-0.39, 0.29) is 4.70 Å². The fourth-order valence-electron chi connectivity index (χ4n) is 3.72. The van der Waals surface area contributed by atoms with Crippen molar-refractivity contribution in [1.29, 1.82) is 0 Å². The van der Waals surface area contributed by atoms with Crippen molar-refractivity contribution in [3.05, 3.63) is 24.3 Å². The zero-order chi connectivity index (χ0) is 16.1. The Balaban J connectivity index is 1.95. The molecule has 0 amide bonds. The van der Waals surface area contributed by atoms with Crippen LogP contribution in [0.2, 0.25) is 0 Å². The first-order chi connectivity index (χ1) is 10.9. The average molecular weight is 309 g/mol. The molecule has 4 aromatic rings. The van der Waals surface area contributed by atoms with E-state index in [1.165, 1.54) is 0 Å². The molecule has 0 saturated heterocycles. The summed E-state index contributed by atoms with van der Waals surface area (Å²) < 4.78 is 1.78. The van der Waals surface area contributed by atoms with Crippen LogP contribution in [-0.4, -0.2) is 14.5 Å². The van der Waals surface area contributed by atoms with Crippen molar-refractivity contribution in [3.63, 3.8) is 0 Å². The number of quaternary nitrogens is 1. The van der Waals surface area contributed by atoms with Gasteiger partial charge in [-0.25, -0.2) is 0 Å². The molecule has 8 heteroatoms. The second-order valence-corrected chi connectivity index (χ2v) is 6.19. The Labute approximate surface area is 130 Å². The number of rotatable bonds is 0. The van der Waals surface area contributed by atoms with Crippen LogP contribution in [0.3, 0.4) is 0 Å². The molecule has 0 bridgehead atoms. The minimum Gasteiger partial charge on any atom is -0.385 e. The number of aromatic nitrogens is 3. The molecule has 0 saturated carbocycles. The number of nitrogens with two attached hydrogens (primary N) is 4. The van der Waals surface area contributed by atoms with Gasteiger partial charge in [-0.2, -0.15) is 11.7 Å². The van der Waals surface area contributed by atoms with Crippen LogP contribution in [0.5, 0.6) is 0 Å². The highest BCUT2D eigenvalue weighted by Crippen LogP contribution is 2.51. The Bertz CT molecular complexity index is 1120. The Hall–Kier alpha value is -2.94. The van der Waals surface area contributed by atoms with Crippen molar-refractivity contribution in [3.8, 4) is 11.3 Å². The molecule has 0 atom stereocenters. The molecule has 8 nitrogen and oxygen atoms in total. The molecular formula is C15H17N8+. The van der Waals surface area contributed by atoms with E-state index in [0.29, 0.717) is 11.6 Å². The van der Waals surface area contributed by atoms with Crippen LogP contribution >= 0.6 is 0 Å². The molecule has 116 valence electrons. The van der Waals surface area contributed by atoms with Crippen molar-refractivity contribution >= 4 is 44.9 Å². The van der Waals surface area contributed by atoms with Crippen LogP contribution in [0.1, 0.15) is 0 Å². The summed E-state index contributed by atoms with van der Waals surface area (Å²) in [5.41, 5.74) is 18.3. The molecule has 0 fully saturated rings. The largest absolute Gasteiger partial charge is 0.385 e. The maximum atomic E-state index is 6.36. The average Bonchev–Trinajstić information content (AvgIpc) is 3.17. The van der Waals surface area contributed by atoms with E-state index in [1.54, 1.807) is 6.07 Å². The molecule has 1 aromatic carbocycles. The molecule has 0 radical (unpaired) electrons. The van der Waals surface area contributed by atoms with Gasteiger partial charge in [0.2, 0.25) is 5.69 Å². The molecule has 3 aromatic heterocycles. The van der Waals surface area contributed by atoms with Gasteiger partial charge >= 0.3 is 0 Å². The zero-order valence-electron chi connectivity index (χ0n) is 12.5. The molecule has 4 heterocycles. The topological polar surface area (TPSA) is 141 Å². The summed E-state index contributed by atoms with van der Waals surface area (Å²) in [6, 6.07) is 7.81. The summed E-state index contributed by atoms with van der Waals surface area (Å²) >= 11 is 0. The minimum absolute atomic E-state index is 0.319. The van der Waals surface area contributed by atoms with Gasteiger partial charge in [-0.15, -0.1) is 4.70 Å². The van der Waals surface area contributed by atoms with E-state index in [0.717, 1.165) is 44.6 Å². The standard InChI is InChI=1S/C15H17N8/c1-22-8-2-7-10(3-6(8)14-9(22)4-12(16)20-14)23(18,19)11-5-13(17)21-15(7)11/h2-5,20-21H,16-19H2,1H3/q+1. The van der Waals surface area contributed by atoms with E-state index in [2.05, 4.69) is 20.6 Å². The summed E-state index contributed by atoms with van der Waals surface area (Å²) in [4.78, 5) is 6.36. The highest BCUT2D eigenvalue weighted by atomic mass is 15.8. The molecule has 23 heavy (non-hydrogen) atoms. The lowest BCUT2D eigenvalue weighted by atomic mass is 10.1. The van der Waals surface area contributed by atoms with Crippen LogP contribution in [-0.2, 0) is 7.05 Å². The molecule has 0 unspecified atom stereocenters.